The summed E-state index contributed by atoms with van der Waals surface area (Å²) in [5, 5.41) is 13.1. The molecule has 1 fully saturated rings. The van der Waals surface area contributed by atoms with Crippen molar-refractivity contribution in [3.63, 3.8) is 0 Å². The highest BCUT2D eigenvalue weighted by molar-refractivity contribution is 5.24. The third-order valence-corrected chi connectivity index (χ3v) is 4.13. The Morgan fingerprint density at radius 1 is 1.30 bits per heavy atom. The Bertz CT molecular complexity index is 373. The molecule has 1 atom stereocenters. The Morgan fingerprint density at radius 3 is 2.60 bits per heavy atom. The van der Waals surface area contributed by atoms with Crippen molar-refractivity contribution in [1.29, 1.82) is 0 Å². The average molecular weight is 279 g/mol. The summed E-state index contributed by atoms with van der Waals surface area (Å²) in [4.78, 5) is 0. The van der Waals surface area contributed by atoms with Gasteiger partial charge in [-0.3, -0.25) is 0 Å². The van der Waals surface area contributed by atoms with Crippen LogP contribution in [0.15, 0.2) is 30.3 Å². The van der Waals surface area contributed by atoms with E-state index < -0.39 is 5.54 Å². The molecule has 0 aliphatic carbocycles. The van der Waals surface area contributed by atoms with Crippen molar-refractivity contribution >= 4 is 0 Å². The fraction of sp³-hybridized carbons (Fsp3) is 0.625. The lowest BCUT2D eigenvalue weighted by molar-refractivity contribution is -0.0399. The minimum atomic E-state index is -0.424. The van der Waals surface area contributed by atoms with Crippen molar-refractivity contribution in [2.75, 3.05) is 33.5 Å². The van der Waals surface area contributed by atoms with Gasteiger partial charge in [-0.15, -0.1) is 0 Å². The van der Waals surface area contributed by atoms with Gasteiger partial charge >= 0.3 is 0 Å². The zero-order chi connectivity index (χ0) is 14.3. The number of likely N-dealkylation sites (N-methyl/N-ethyl adjacent to an activating group) is 1. The van der Waals surface area contributed by atoms with Crippen molar-refractivity contribution in [2.45, 2.75) is 30.9 Å². The third-order valence-electron chi connectivity index (χ3n) is 4.13. The lowest BCUT2D eigenvalue weighted by Gasteiger charge is -2.33. The second-order valence-corrected chi connectivity index (χ2v) is 5.29. The molecule has 20 heavy (non-hydrogen) atoms. The molecular formula is C16H25NO3. The zero-order valence-corrected chi connectivity index (χ0v) is 12.2. The molecule has 0 bridgehead atoms. The maximum atomic E-state index is 9.83. The van der Waals surface area contributed by atoms with E-state index in [1.165, 1.54) is 0 Å². The van der Waals surface area contributed by atoms with E-state index in [1.807, 2.05) is 37.4 Å². The molecule has 1 aliphatic heterocycles. The molecule has 0 spiro atoms. The second-order valence-electron chi connectivity index (χ2n) is 5.29. The number of benzene rings is 1. The highest BCUT2D eigenvalue weighted by Crippen LogP contribution is 2.25. The number of aliphatic hydroxyl groups excluding tert-OH is 1. The van der Waals surface area contributed by atoms with E-state index in [9.17, 15) is 5.11 Å². The minimum Gasteiger partial charge on any atom is -0.394 e. The van der Waals surface area contributed by atoms with E-state index in [-0.39, 0.29) is 6.61 Å². The van der Waals surface area contributed by atoms with Gasteiger partial charge in [0, 0.05) is 19.8 Å². The lowest BCUT2D eigenvalue weighted by Crippen LogP contribution is -2.44. The molecule has 1 unspecified atom stereocenters. The first-order valence-electron chi connectivity index (χ1n) is 7.35. The number of hydrogen-bond donors (Lipinski definition) is 2. The molecule has 0 radical (unpaired) electrons. The van der Waals surface area contributed by atoms with E-state index >= 15 is 0 Å². The molecule has 4 heteroatoms. The van der Waals surface area contributed by atoms with Gasteiger partial charge in [-0.1, -0.05) is 30.3 Å². The van der Waals surface area contributed by atoms with Crippen LogP contribution in [-0.4, -0.2) is 44.7 Å². The predicted octanol–water partition coefficient (Wildman–Crippen LogP) is 1.68. The van der Waals surface area contributed by atoms with Gasteiger partial charge in [0.15, 0.2) is 0 Å². The summed E-state index contributed by atoms with van der Waals surface area (Å²) < 4.78 is 11.3. The molecular weight excluding hydrogens is 254 g/mol. The molecule has 4 nitrogen and oxygen atoms in total. The summed E-state index contributed by atoms with van der Waals surface area (Å²) in [5.41, 5.74) is 0.674. The van der Waals surface area contributed by atoms with Crippen LogP contribution in [0.5, 0.6) is 0 Å². The number of ether oxygens (including phenoxy) is 2. The van der Waals surface area contributed by atoms with Gasteiger partial charge in [0.1, 0.15) is 0 Å². The van der Waals surface area contributed by atoms with E-state index in [0.29, 0.717) is 12.7 Å². The molecule has 0 aromatic heterocycles. The summed E-state index contributed by atoms with van der Waals surface area (Å²) in [6, 6.07) is 10.1. The van der Waals surface area contributed by atoms with E-state index in [1.54, 1.807) is 0 Å². The molecule has 112 valence electrons. The summed E-state index contributed by atoms with van der Waals surface area (Å²) in [6.45, 7) is 2.28. The zero-order valence-electron chi connectivity index (χ0n) is 12.2. The standard InChI is InChI=1S/C16H25NO3/c1-17-16(13-18,14-5-3-2-4-6-14)9-12-20-15-7-10-19-11-8-15/h2-6,15,17-18H,7-13H2,1H3. The Morgan fingerprint density at radius 2 is 2.00 bits per heavy atom. The SMILES string of the molecule is CNC(CO)(CCOC1CCOCC1)c1ccccc1. The number of nitrogens with one attached hydrogen (secondary N) is 1. The van der Waals surface area contributed by atoms with Crippen LogP contribution >= 0.6 is 0 Å². The number of hydrogen-bond acceptors (Lipinski definition) is 4. The summed E-state index contributed by atoms with van der Waals surface area (Å²) in [7, 11) is 1.89. The molecule has 0 saturated carbocycles. The van der Waals surface area contributed by atoms with Crippen LogP contribution in [0.2, 0.25) is 0 Å². The quantitative estimate of drug-likeness (QED) is 0.797. The van der Waals surface area contributed by atoms with Gasteiger partial charge < -0.3 is 19.9 Å². The molecule has 1 saturated heterocycles. The molecule has 1 aromatic rings. The molecule has 1 aromatic carbocycles. The molecule has 1 aliphatic rings. The van der Waals surface area contributed by atoms with E-state index in [4.69, 9.17) is 9.47 Å². The van der Waals surface area contributed by atoms with Crippen molar-refractivity contribution in [3.8, 4) is 0 Å². The highest BCUT2D eigenvalue weighted by Gasteiger charge is 2.29. The smallest absolute Gasteiger partial charge is 0.0688 e. The van der Waals surface area contributed by atoms with Gasteiger partial charge in [0.25, 0.3) is 0 Å². The van der Waals surface area contributed by atoms with Crippen LogP contribution in [-0.2, 0) is 15.0 Å². The Hall–Kier alpha value is -0.940. The summed E-state index contributed by atoms with van der Waals surface area (Å²) in [5.74, 6) is 0. The maximum absolute atomic E-state index is 9.83. The minimum absolute atomic E-state index is 0.0602. The fourth-order valence-electron chi connectivity index (χ4n) is 2.66. The molecule has 2 rings (SSSR count). The average Bonchev–Trinajstić information content (AvgIpc) is 2.54. The van der Waals surface area contributed by atoms with Crippen LogP contribution in [0.25, 0.3) is 0 Å². The summed E-state index contributed by atoms with van der Waals surface area (Å²) >= 11 is 0. The fourth-order valence-corrected chi connectivity index (χ4v) is 2.66. The van der Waals surface area contributed by atoms with Crippen molar-refractivity contribution in [1.82, 2.24) is 5.32 Å². The first-order valence-corrected chi connectivity index (χ1v) is 7.35. The third kappa shape index (κ3) is 3.79. The van der Waals surface area contributed by atoms with Crippen LogP contribution in [0.3, 0.4) is 0 Å². The van der Waals surface area contributed by atoms with Crippen LogP contribution in [0.4, 0.5) is 0 Å². The summed E-state index contributed by atoms with van der Waals surface area (Å²) in [6.07, 6.45) is 2.99. The molecule has 1 heterocycles. The molecule has 2 N–H and O–H groups in total. The highest BCUT2D eigenvalue weighted by atomic mass is 16.5. The largest absolute Gasteiger partial charge is 0.394 e. The number of rotatable bonds is 7. The normalized spacial score (nSPS) is 19.7. The second kappa shape index (κ2) is 7.74. The van der Waals surface area contributed by atoms with Crippen molar-refractivity contribution in [2.24, 2.45) is 0 Å². The predicted molar refractivity (Wildman–Crippen MR) is 78.7 cm³/mol. The van der Waals surface area contributed by atoms with Crippen LogP contribution < -0.4 is 5.32 Å². The molecule has 0 amide bonds. The van der Waals surface area contributed by atoms with Crippen molar-refractivity contribution < 1.29 is 14.6 Å². The Balaban J connectivity index is 1.91. The topological polar surface area (TPSA) is 50.7 Å². The first-order chi connectivity index (χ1) is 9.80. The van der Waals surface area contributed by atoms with E-state index in [2.05, 4.69) is 5.32 Å². The van der Waals surface area contributed by atoms with Gasteiger partial charge in [-0.2, -0.15) is 0 Å². The van der Waals surface area contributed by atoms with Crippen LogP contribution in [0, 0.1) is 0 Å². The monoisotopic (exact) mass is 279 g/mol. The Kier molecular flexibility index (Phi) is 5.98. The Labute approximate surface area is 121 Å². The van der Waals surface area contributed by atoms with Gasteiger partial charge in [-0.05, 0) is 31.9 Å². The first kappa shape index (κ1) is 15.4. The van der Waals surface area contributed by atoms with Gasteiger partial charge in [0.2, 0.25) is 0 Å². The van der Waals surface area contributed by atoms with Gasteiger partial charge in [0.05, 0.1) is 18.2 Å². The van der Waals surface area contributed by atoms with E-state index in [0.717, 1.165) is 38.0 Å². The maximum Gasteiger partial charge on any atom is 0.0688 e. The number of aliphatic hydroxyl groups is 1. The van der Waals surface area contributed by atoms with Crippen LogP contribution in [0.1, 0.15) is 24.8 Å². The lowest BCUT2D eigenvalue weighted by atomic mass is 9.88. The van der Waals surface area contributed by atoms with Crippen molar-refractivity contribution in [3.05, 3.63) is 35.9 Å². The van der Waals surface area contributed by atoms with Gasteiger partial charge in [-0.25, -0.2) is 0 Å².